The minimum absolute atomic E-state index is 0.00281. The first kappa shape index (κ1) is 9.81. The van der Waals surface area contributed by atoms with E-state index in [2.05, 4.69) is 0 Å². The Balaban J connectivity index is 2.07. The summed E-state index contributed by atoms with van der Waals surface area (Å²) in [6.45, 7) is 0.741. The molecule has 3 heteroatoms. The molecule has 0 amide bonds. The van der Waals surface area contributed by atoms with Gasteiger partial charge in [0.2, 0.25) is 0 Å². The number of benzene rings is 1. The highest BCUT2D eigenvalue weighted by molar-refractivity contribution is 6.30. The number of aliphatic hydroxyl groups excluding tert-OH is 1. The Bertz CT molecular complexity index is 321. The maximum Gasteiger partial charge on any atom is 0.126 e. The fourth-order valence-electron chi connectivity index (χ4n) is 1.29. The van der Waals surface area contributed by atoms with E-state index in [0.29, 0.717) is 16.7 Å². The van der Waals surface area contributed by atoms with Gasteiger partial charge >= 0.3 is 0 Å². The lowest BCUT2D eigenvalue weighted by atomic mass is 10.2. The minimum atomic E-state index is -0.00281. The van der Waals surface area contributed by atoms with Crippen LogP contribution >= 0.6 is 11.6 Å². The zero-order chi connectivity index (χ0) is 9.97. The molecular weight excluding hydrogens is 200 g/mol. The van der Waals surface area contributed by atoms with E-state index in [9.17, 15) is 0 Å². The summed E-state index contributed by atoms with van der Waals surface area (Å²) in [6.07, 6.45) is 2.52. The molecule has 0 unspecified atom stereocenters. The molecule has 0 heterocycles. The van der Waals surface area contributed by atoms with Gasteiger partial charge in [-0.15, -0.1) is 0 Å². The summed E-state index contributed by atoms with van der Waals surface area (Å²) in [4.78, 5) is 0. The second kappa shape index (κ2) is 4.20. The molecule has 1 N–H and O–H groups in total. The first-order chi connectivity index (χ1) is 6.79. The van der Waals surface area contributed by atoms with Crippen LogP contribution in [-0.2, 0) is 6.61 Å². The first-order valence-corrected chi connectivity index (χ1v) is 5.19. The number of rotatable bonds is 4. The van der Waals surface area contributed by atoms with Crippen molar-refractivity contribution in [1.29, 1.82) is 0 Å². The van der Waals surface area contributed by atoms with E-state index < -0.39 is 0 Å². The zero-order valence-corrected chi connectivity index (χ0v) is 8.63. The van der Waals surface area contributed by atoms with Crippen LogP contribution in [0, 0.1) is 5.92 Å². The van der Waals surface area contributed by atoms with Crippen molar-refractivity contribution < 1.29 is 9.84 Å². The average Bonchev–Trinajstić information content (AvgIpc) is 2.98. The van der Waals surface area contributed by atoms with Crippen molar-refractivity contribution in [1.82, 2.24) is 0 Å². The Labute approximate surface area is 88.5 Å². The number of hydrogen-bond acceptors (Lipinski definition) is 2. The minimum Gasteiger partial charge on any atom is -0.493 e. The van der Waals surface area contributed by atoms with Crippen LogP contribution in [0.5, 0.6) is 5.75 Å². The third-order valence-electron chi connectivity index (χ3n) is 2.37. The van der Waals surface area contributed by atoms with E-state index in [1.165, 1.54) is 12.8 Å². The van der Waals surface area contributed by atoms with E-state index in [-0.39, 0.29) is 6.61 Å². The monoisotopic (exact) mass is 212 g/mol. The summed E-state index contributed by atoms with van der Waals surface area (Å²) < 4.78 is 5.59. The van der Waals surface area contributed by atoms with E-state index in [4.69, 9.17) is 21.4 Å². The lowest BCUT2D eigenvalue weighted by molar-refractivity contribution is 0.258. The molecule has 2 rings (SSSR count). The number of aliphatic hydroxyl groups is 1. The Morgan fingerprint density at radius 1 is 1.43 bits per heavy atom. The quantitative estimate of drug-likeness (QED) is 0.832. The first-order valence-electron chi connectivity index (χ1n) is 4.81. The second-order valence-electron chi connectivity index (χ2n) is 3.66. The Hall–Kier alpha value is -0.730. The van der Waals surface area contributed by atoms with Gasteiger partial charge in [-0.2, -0.15) is 0 Å². The van der Waals surface area contributed by atoms with Crippen molar-refractivity contribution in [3.8, 4) is 5.75 Å². The largest absolute Gasteiger partial charge is 0.493 e. The van der Waals surface area contributed by atoms with Crippen molar-refractivity contribution in [3.05, 3.63) is 28.8 Å². The van der Waals surface area contributed by atoms with Gasteiger partial charge in [0.25, 0.3) is 0 Å². The second-order valence-corrected chi connectivity index (χ2v) is 4.10. The molecule has 2 nitrogen and oxygen atoms in total. The van der Waals surface area contributed by atoms with Gasteiger partial charge in [0, 0.05) is 10.6 Å². The molecule has 1 aromatic carbocycles. The van der Waals surface area contributed by atoms with Gasteiger partial charge in [-0.05, 0) is 30.9 Å². The maximum absolute atomic E-state index is 9.07. The van der Waals surface area contributed by atoms with E-state index >= 15 is 0 Å². The number of ether oxygens (including phenoxy) is 1. The van der Waals surface area contributed by atoms with Crippen molar-refractivity contribution in [3.63, 3.8) is 0 Å². The molecule has 0 atom stereocenters. The van der Waals surface area contributed by atoms with Crippen molar-refractivity contribution in [2.75, 3.05) is 6.61 Å². The lowest BCUT2D eigenvalue weighted by Gasteiger charge is -2.09. The molecule has 1 fully saturated rings. The average molecular weight is 213 g/mol. The van der Waals surface area contributed by atoms with Gasteiger partial charge in [0.15, 0.2) is 0 Å². The fourth-order valence-corrected chi connectivity index (χ4v) is 1.45. The van der Waals surface area contributed by atoms with Crippen LogP contribution < -0.4 is 4.74 Å². The maximum atomic E-state index is 9.07. The molecule has 76 valence electrons. The topological polar surface area (TPSA) is 29.5 Å². The zero-order valence-electron chi connectivity index (χ0n) is 7.87. The summed E-state index contributed by atoms with van der Waals surface area (Å²) in [5, 5.41) is 9.71. The van der Waals surface area contributed by atoms with Crippen LogP contribution in [0.3, 0.4) is 0 Å². The highest BCUT2D eigenvalue weighted by atomic mass is 35.5. The van der Waals surface area contributed by atoms with Gasteiger partial charge in [-0.3, -0.25) is 0 Å². The summed E-state index contributed by atoms with van der Waals surface area (Å²) in [6, 6.07) is 5.32. The molecule has 1 aliphatic carbocycles. The van der Waals surface area contributed by atoms with E-state index in [1.54, 1.807) is 18.2 Å². The normalized spacial score (nSPS) is 15.6. The fraction of sp³-hybridized carbons (Fsp3) is 0.455. The molecule has 0 bridgehead atoms. The van der Waals surface area contributed by atoms with Gasteiger partial charge in [-0.25, -0.2) is 0 Å². The smallest absolute Gasteiger partial charge is 0.126 e. The van der Waals surface area contributed by atoms with Crippen molar-refractivity contribution in [2.24, 2.45) is 5.92 Å². The molecule has 0 aliphatic heterocycles. The van der Waals surface area contributed by atoms with Crippen LogP contribution in [-0.4, -0.2) is 11.7 Å². The highest BCUT2D eigenvalue weighted by Crippen LogP contribution is 2.31. The van der Waals surface area contributed by atoms with Gasteiger partial charge in [-0.1, -0.05) is 17.7 Å². The Morgan fingerprint density at radius 3 is 2.86 bits per heavy atom. The van der Waals surface area contributed by atoms with Gasteiger partial charge in [0.05, 0.1) is 13.2 Å². The summed E-state index contributed by atoms with van der Waals surface area (Å²) in [5.41, 5.74) is 0.801. The van der Waals surface area contributed by atoms with Crippen LogP contribution in [0.4, 0.5) is 0 Å². The number of halogens is 1. The standard InChI is InChI=1S/C11H13ClO2/c12-10-4-3-9(6-13)11(5-10)14-7-8-1-2-8/h3-5,8,13H,1-2,6-7H2. The summed E-state index contributed by atoms with van der Waals surface area (Å²) in [5.74, 6) is 1.42. The Morgan fingerprint density at radius 2 is 2.21 bits per heavy atom. The molecule has 0 spiro atoms. The van der Waals surface area contributed by atoms with Crippen molar-refractivity contribution in [2.45, 2.75) is 19.4 Å². The predicted octanol–water partition coefficient (Wildman–Crippen LogP) is 2.62. The molecule has 0 radical (unpaired) electrons. The summed E-state index contributed by atoms with van der Waals surface area (Å²) >= 11 is 5.84. The highest BCUT2D eigenvalue weighted by Gasteiger charge is 2.22. The molecule has 0 saturated heterocycles. The molecule has 14 heavy (non-hydrogen) atoms. The van der Waals surface area contributed by atoms with Crippen LogP contribution in [0.15, 0.2) is 18.2 Å². The molecule has 1 saturated carbocycles. The molecule has 1 aliphatic rings. The predicted molar refractivity (Wildman–Crippen MR) is 55.6 cm³/mol. The SMILES string of the molecule is OCc1ccc(Cl)cc1OCC1CC1. The van der Waals surface area contributed by atoms with Crippen LogP contribution in [0.25, 0.3) is 0 Å². The van der Waals surface area contributed by atoms with Gasteiger partial charge in [0.1, 0.15) is 5.75 Å². The van der Waals surface area contributed by atoms with E-state index in [0.717, 1.165) is 12.2 Å². The Kier molecular flexibility index (Phi) is 2.94. The third-order valence-corrected chi connectivity index (χ3v) is 2.61. The third kappa shape index (κ3) is 2.40. The molecular formula is C11H13ClO2. The molecule has 1 aromatic rings. The lowest BCUT2D eigenvalue weighted by Crippen LogP contribution is -2.01. The number of hydrogen-bond donors (Lipinski definition) is 1. The summed E-state index contributed by atoms with van der Waals surface area (Å²) in [7, 11) is 0. The van der Waals surface area contributed by atoms with E-state index in [1.807, 2.05) is 0 Å². The van der Waals surface area contributed by atoms with Crippen molar-refractivity contribution >= 4 is 11.6 Å². The van der Waals surface area contributed by atoms with Crippen LogP contribution in [0.1, 0.15) is 18.4 Å². The van der Waals surface area contributed by atoms with Crippen LogP contribution in [0.2, 0.25) is 5.02 Å². The van der Waals surface area contributed by atoms with Gasteiger partial charge < -0.3 is 9.84 Å². The molecule has 0 aromatic heterocycles.